The molecule has 1 aliphatic carbocycles. The fourth-order valence-electron chi connectivity index (χ4n) is 3.17. The highest BCUT2D eigenvalue weighted by atomic mass is 127. The first kappa shape index (κ1) is 20.3. The van der Waals surface area contributed by atoms with Gasteiger partial charge in [0.25, 0.3) is 0 Å². The van der Waals surface area contributed by atoms with Crippen LogP contribution in [0.5, 0.6) is 0 Å². The summed E-state index contributed by atoms with van der Waals surface area (Å²) in [4.78, 5) is 7.06. The zero-order valence-corrected chi connectivity index (χ0v) is 17.3. The second-order valence-electron chi connectivity index (χ2n) is 6.62. The van der Waals surface area contributed by atoms with Crippen molar-refractivity contribution in [2.24, 2.45) is 23.9 Å². The summed E-state index contributed by atoms with van der Waals surface area (Å²) < 4.78 is 1.88. The topological polar surface area (TPSA) is 45.5 Å². The average Bonchev–Trinajstić information content (AvgIpc) is 2.91. The third-order valence-corrected chi connectivity index (χ3v) is 4.68. The fourth-order valence-corrected chi connectivity index (χ4v) is 3.17. The van der Waals surface area contributed by atoms with Crippen LogP contribution in [0.4, 0.5) is 0 Å². The van der Waals surface area contributed by atoms with Gasteiger partial charge in [0.2, 0.25) is 0 Å². The van der Waals surface area contributed by atoms with Gasteiger partial charge in [0.05, 0.1) is 12.2 Å². The lowest BCUT2D eigenvalue weighted by Gasteiger charge is -2.31. The zero-order chi connectivity index (χ0) is 15.9. The van der Waals surface area contributed by atoms with Gasteiger partial charge >= 0.3 is 0 Å². The van der Waals surface area contributed by atoms with Crippen LogP contribution in [0.25, 0.3) is 0 Å². The fraction of sp³-hybridized carbons (Fsp3) is 0.765. The van der Waals surface area contributed by atoms with E-state index in [1.165, 1.54) is 25.7 Å². The van der Waals surface area contributed by atoms with Crippen LogP contribution in [0, 0.1) is 11.8 Å². The van der Waals surface area contributed by atoms with Crippen LogP contribution in [0.15, 0.2) is 17.3 Å². The van der Waals surface area contributed by atoms with Crippen molar-refractivity contribution in [1.82, 2.24) is 20.0 Å². The summed E-state index contributed by atoms with van der Waals surface area (Å²) in [5.74, 6) is 2.72. The minimum Gasteiger partial charge on any atom is -0.357 e. The first-order chi connectivity index (χ1) is 10.6. The van der Waals surface area contributed by atoms with Crippen molar-refractivity contribution in [3.63, 3.8) is 0 Å². The van der Waals surface area contributed by atoms with Crippen molar-refractivity contribution in [3.05, 3.63) is 18.0 Å². The van der Waals surface area contributed by atoms with Crippen molar-refractivity contribution in [1.29, 1.82) is 0 Å². The van der Waals surface area contributed by atoms with Crippen LogP contribution in [-0.4, -0.2) is 40.8 Å². The Hall–Kier alpha value is -0.790. The first-order valence-electron chi connectivity index (χ1n) is 8.56. The summed E-state index contributed by atoms with van der Waals surface area (Å²) in [6.07, 6.45) is 7.28. The molecule has 0 aromatic carbocycles. The number of aryl methyl sites for hydroxylation is 1. The molecule has 1 aliphatic rings. The van der Waals surface area contributed by atoms with E-state index in [2.05, 4.69) is 36.2 Å². The van der Waals surface area contributed by atoms with Gasteiger partial charge in [0, 0.05) is 33.4 Å². The SMILES string of the molecule is CCNC(=NCc1ccnn1C)N(C)CC1CCC(C)CC1.I. The van der Waals surface area contributed by atoms with E-state index in [1.807, 2.05) is 24.0 Å². The summed E-state index contributed by atoms with van der Waals surface area (Å²) in [5, 5.41) is 7.61. The molecule has 23 heavy (non-hydrogen) atoms. The van der Waals surface area contributed by atoms with E-state index in [9.17, 15) is 0 Å². The number of aliphatic imine (C=N–C) groups is 1. The molecule has 1 saturated carbocycles. The molecule has 0 unspecified atom stereocenters. The number of guanidine groups is 1. The summed E-state index contributed by atoms with van der Waals surface area (Å²) in [5.41, 5.74) is 1.13. The molecule has 0 spiro atoms. The van der Waals surface area contributed by atoms with E-state index in [0.29, 0.717) is 6.54 Å². The molecule has 5 nitrogen and oxygen atoms in total. The Kier molecular flexibility index (Phi) is 8.94. The molecule has 0 aliphatic heterocycles. The molecule has 1 heterocycles. The Morgan fingerprint density at radius 1 is 1.39 bits per heavy atom. The Bertz CT molecular complexity index is 477. The van der Waals surface area contributed by atoms with E-state index < -0.39 is 0 Å². The molecule has 132 valence electrons. The molecule has 0 bridgehead atoms. The van der Waals surface area contributed by atoms with E-state index in [1.54, 1.807) is 0 Å². The normalized spacial score (nSPS) is 21.7. The Morgan fingerprint density at radius 2 is 2.09 bits per heavy atom. The molecule has 1 N–H and O–H groups in total. The zero-order valence-electron chi connectivity index (χ0n) is 15.0. The van der Waals surface area contributed by atoms with Gasteiger partial charge in [0.1, 0.15) is 0 Å². The third kappa shape index (κ3) is 6.31. The van der Waals surface area contributed by atoms with Gasteiger partial charge in [0.15, 0.2) is 5.96 Å². The van der Waals surface area contributed by atoms with Crippen LogP contribution in [-0.2, 0) is 13.6 Å². The summed E-state index contributed by atoms with van der Waals surface area (Å²) in [6, 6.07) is 2.02. The number of nitrogens with one attached hydrogen (secondary N) is 1. The quantitative estimate of drug-likeness (QED) is 0.441. The number of hydrogen-bond donors (Lipinski definition) is 1. The van der Waals surface area contributed by atoms with Crippen molar-refractivity contribution >= 4 is 29.9 Å². The predicted molar refractivity (Wildman–Crippen MR) is 107 cm³/mol. The van der Waals surface area contributed by atoms with Crippen LogP contribution in [0.2, 0.25) is 0 Å². The largest absolute Gasteiger partial charge is 0.357 e. The molecular formula is C17H32IN5. The second kappa shape index (κ2) is 10.2. The highest BCUT2D eigenvalue weighted by Crippen LogP contribution is 2.28. The molecule has 6 heteroatoms. The van der Waals surface area contributed by atoms with Crippen LogP contribution in [0.3, 0.4) is 0 Å². The minimum atomic E-state index is 0. The third-order valence-electron chi connectivity index (χ3n) is 4.68. The standard InChI is InChI=1S/C17H31N5.HI/c1-5-18-17(19-12-16-10-11-20-22(16)4)21(3)13-15-8-6-14(2)7-9-15;/h10-11,14-15H,5-9,12-13H2,1-4H3,(H,18,19);1H. The maximum Gasteiger partial charge on any atom is 0.194 e. The van der Waals surface area contributed by atoms with E-state index in [-0.39, 0.29) is 24.0 Å². The van der Waals surface area contributed by atoms with Crippen molar-refractivity contribution in [2.75, 3.05) is 20.1 Å². The second-order valence-corrected chi connectivity index (χ2v) is 6.62. The van der Waals surface area contributed by atoms with E-state index in [4.69, 9.17) is 4.99 Å². The maximum absolute atomic E-state index is 4.77. The Morgan fingerprint density at radius 3 is 2.65 bits per heavy atom. The van der Waals surface area contributed by atoms with Crippen molar-refractivity contribution < 1.29 is 0 Å². The summed E-state index contributed by atoms with van der Waals surface area (Å²) in [6.45, 7) is 7.17. The van der Waals surface area contributed by atoms with Gasteiger partial charge in [-0.15, -0.1) is 24.0 Å². The van der Waals surface area contributed by atoms with Crippen molar-refractivity contribution in [2.45, 2.75) is 46.1 Å². The minimum absolute atomic E-state index is 0. The molecule has 2 rings (SSSR count). The van der Waals surface area contributed by atoms with E-state index in [0.717, 1.165) is 36.6 Å². The molecule has 1 aromatic rings. The Balaban J connectivity index is 0.00000264. The van der Waals surface area contributed by atoms with Gasteiger partial charge in [-0.2, -0.15) is 5.10 Å². The van der Waals surface area contributed by atoms with Gasteiger partial charge in [-0.05, 0) is 37.7 Å². The van der Waals surface area contributed by atoms with Crippen LogP contribution < -0.4 is 5.32 Å². The highest BCUT2D eigenvalue weighted by molar-refractivity contribution is 14.0. The first-order valence-corrected chi connectivity index (χ1v) is 8.56. The molecule has 1 aromatic heterocycles. The number of halogens is 1. The number of nitrogens with zero attached hydrogens (tertiary/aromatic N) is 4. The lowest BCUT2D eigenvalue weighted by Crippen LogP contribution is -2.41. The Labute approximate surface area is 157 Å². The average molecular weight is 433 g/mol. The molecule has 0 saturated heterocycles. The van der Waals surface area contributed by atoms with Gasteiger partial charge < -0.3 is 10.2 Å². The van der Waals surface area contributed by atoms with Gasteiger partial charge in [-0.1, -0.05) is 19.8 Å². The van der Waals surface area contributed by atoms with Gasteiger partial charge in [-0.3, -0.25) is 4.68 Å². The van der Waals surface area contributed by atoms with E-state index >= 15 is 0 Å². The van der Waals surface area contributed by atoms with Crippen molar-refractivity contribution in [3.8, 4) is 0 Å². The molecular weight excluding hydrogens is 401 g/mol. The molecule has 0 atom stereocenters. The smallest absolute Gasteiger partial charge is 0.194 e. The molecule has 0 radical (unpaired) electrons. The summed E-state index contributed by atoms with van der Waals surface area (Å²) >= 11 is 0. The lowest BCUT2D eigenvalue weighted by atomic mass is 9.83. The summed E-state index contributed by atoms with van der Waals surface area (Å²) in [7, 11) is 4.12. The molecule has 1 fully saturated rings. The van der Waals surface area contributed by atoms with Crippen LogP contribution >= 0.6 is 24.0 Å². The van der Waals surface area contributed by atoms with Crippen LogP contribution in [0.1, 0.15) is 45.2 Å². The predicted octanol–water partition coefficient (Wildman–Crippen LogP) is 3.26. The number of rotatable bonds is 5. The van der Waals surface area contributed by atoms with Gasteiger partial charge in [-0.25, -0.2) is 4.99 Å². The number of hydrogen-bond acceptors (Lipinski definition) is 2. The molecule has 0 amide bonds. The maximum atomic E-state index is 4.77. The highest BCUT2D eigenvalue weighted by Gasteiger charge is 2.20. The lowest BCUT2D eigenvalue weighted by molar-refractivity contribution is 0.250. The number of aromatic nitrogens is 2. The monoisotopic (exact) mass is 433 g/mol.